The number of carbonyl (C=O) groups is 1. The van der Waals surface area contributed by atoms with Crippen LogP contribution in [0.4, 0.5) is 13.2 Å². The first-order valence-electron chi connectivity index (χ1n) is 7.22. The molecular formula is C17H17F3N2O2. The van der Waals surface area contributed by atoms with E-state index in [0.717, 1.165) is 11.1 Å². The largest absolute Gasteiger partial charge is 0.468 e. The van der Waals surface area contributed by atoms with Crippen molar-refractivity contribution in [2.75, 3.05) is 13.7 Å². The molecule has 0 aliphatic carbocycles. The van der Waals surface area contributed by atoms with Gasteiger partial charge in [0.25, 0.3) is 5.91 Å². The third-order valence-corrected chi connectivity index (χ3v) is 3.38. The number of nitrogens with zero attached hydrogens (tertiary/aromatic N) is 2. The lowest BCUT2D eigenvalue weighted by molar-refractivity contribution is -0.154. The molecule has 1 amide bonds. The van der Waals surface area contributed by atoms with Gasteiger partial charge in [0.2, 0.25) is 5.88 Å². The van der Waals surface area contributed by atoms with Crippen LogP contribution < -0.4 is 4.74 Å². The van der Waals surface area contributed by atoms with E-state index in [-0.39, 0.29) is 17.4 Å². The van der Waals surface area contributed by atoms with Crippen LogP contribution >= 0.6 is 0 Å². The number of aryl methyl sites for hydroxylation is 1. The Morgan fingerprint density at radius 3 is 2.50 bits per heavy atom. The van der Waals surface area contributed by atoms with Crippen LogP contribution in [0.1, 0.15) is 21.5 Å². The molecule has 0 atom stereocenters. The number of hydrogen-bond acceptors (Lipinski definition) is 3. The molecule has 1 heterocycles. The molecule has 0 radical (unpaired) electrons. The SMILES string of the molecule is Cc1ccccc1CN(C)C(=O)c1ccc(OCC(F)(F)F)nc1. The standard InChI is InChI=1S/C17H17F3N2O2/c1-12-5-3-4-6-14(12)10-22(2)16(23)13-7-8-15(21-9-13)24-11-17(18,19)20/h3-9H,10-11H2,1-2H3. The van der Waals surface area contributed by atoms with Gasteiger partial charge in [-0.05, 0) is 24.1 Å². The van der Waals surface area contributed by atoms with E-state index in [1.807, 2.05) is 31.2 Å². The van der Waals surface area contributed by atoms with Gasteiger partial charge in [-0.1, -0.05) is 24.3 Å². The van der Waals surface area contributed by atoms with Crippen molar-refractivity contribution in [3.05, 3.63) is 59.3 Å². The molecule has 0 N–H and O–H groups in total. The van der Waals surface area contributed by atoms with Gasteiger partial charge in [0.05, 0.1) is 5.56 Å². The van der Waals surface area contributed by atoms with Crippen molar-refractivity contribution in [3.8, 4) is 5.88 Å². The van der Waals surface area contributed by atoms with Crippen molar-refractivity contribution in [1.29, 1.82) is 0 Å². The van der Waals surface area contributed by atoms with Crippen molar-refractivity contribution in [2.45, 2.75) is 19.6 Å². The van der Waals surface area contributed by atoms with E-state index >= 15 is 0 Å². The summed E-state index contributed by atoms with van der Waals surface area (Å²) < 4.78 is 40.8. The van der Waals surface area contributed by atoms with Crippen LogP contribution in [-0.2, 0) is 6.54 Å². The Hall–Kier alpha value is -2.57. The molecule has 0 saturated carbocycles. The summed E-state index contributed by atoms with van der Waals surface area (Å²) in [6.07, 6.45) is -3.22. The summed E-state index contributed by atoms with van der Waals surface area (Å²) in [7, 11) is 1.66. The first-order chi connectivity index (χ1) is 11.3. The number of ether oxygens (including phenoxy) is 1. The van der Waals surface area contributed by atoms with E-state index < -0.39 is 12.8 Å². The topological polar surface area (TPSA) is 42.4 Å². The van der Waals surface area contributed by atoms with Crippen molar-refractivity contribution in [2.24, 2.45) is 0 Å². The predicted molar refractivity (Wildman–Crippen MR) is 82.8 cm³/mol. The molecule has 0 aliphatic heterocycles. The molecular weight excluding hydrogens is 321 g/mol. The second-order valence-corrected chi connectivity index (χ2v) is 5.38. The highest BCUT2D eigenvalue weighted by atomic mass is 19.4. The summed E-state index contributed by atoms with van der Waals surface area (Å²) in [6, 6.07) is 10.4. The van der Waals surface area contributed by atoms with E-state index in [9.17, 15) is 18.0 Å². The second kappa shape index (κ2) is 7.33. The molecule has 0 aliphatic rings. The van der Waals surface area contributed by atoms with Crippen LogP contribution in [-0.4, -0.2) is 35.6 Å². The van der Waals surface area contributed by atoms with Crippen LogP contribution in [0.5, 0.6) is 5.88 Å². The maximum absolute atomic E-state index is 12.4. The lowest BCUT2D eigenvalue weighted by Crippen LogP contribution is -2.26. The number of aromatic nitrogens is 1. The number of benzene rings is 1. The monoisotopic (exact) mass is 338 g/mol. The van der Waals surface area contributed by atoms with Gasteiger partial charge in [0, 0.05) is 25.9 Å². The zero-order chi connectivity index (χ0) is 17.7. The van der Waals surface area contributed by atoms with Crippen LogP contribution in [0.2, 0.25) is 0 Å². The van der Waals surface area contributed by atoms with E-state index in [0.29, 0.717) is 6.54 Å². The van der Waals surface area contributed by atoms with Crippen molar-refractivity contribution >= 4 is 5.91 Å². The molecule has 128 valence electrons. The van der Waals surface area contributed by atoms with Crippen LogP contribution in [0.15, 0.2) is 42.6 Å². The third-order valence-electron chi connectivity index (χ3n) is 3.38. The molecule has 1 aromatic carbocycles. The first-order valence-corrected chi connectivity index (χ1v) is 7.22. The van der Waals surface area contributed by atoms with Crippen LogP contribution in [0.3, 0.4) is 0 Å². The summed E-state index contributed by atoms with van der Waals surface area (Å²) >= 11 is 0. The Labute approximate surface area is 137 Å². The zero-order valence-corrected chi connectivity index (χ0v) is 13.3. The normalized spacial score (nSPS) is 11.2. The molecule has 2 rings (SSSR count). The molecule has 0 spiro atoms. The van der Waals surface area contributed by atoms with Crippen molar-refractivity contribution in [1.82, 2.24) is 9.88 Å². The van der Waals surface area contributed by atoms with E-state index in [4.69, 9.17) is 0 Å². The molecule has 0 bridgehead atoms. The second-order valence-electron chi connectivity index (χ2n) is 5.38. The summed E-state index contributed by atoms with van der Waals surface area (Å²) in [4.78, 5) is 17.6. The van der Waals surface area contributed by atoms with Gasteiger partial charge in [0.1, 0.15) is 0 Å². The Morgan fingerprint density at radius 2 is 1.92 bits per heavy atom. The highest BCUT2D eigenvalue weighted by Crippen LogP contribution is 2.18. The van der Waals surface area contributed by atoms with Crippen molar-refractivity contribution < 1.29 is 22.7 Å². The minimum atomic E-state index is -4.43. The summed E-state index contributed by atoms with van der Waals surface area (Å²) in [5.74, 6) is -0.446. The Kier molecular flexibility index (Phi) is 5.43. The number of rotatable bonds is 5. The smallest absolute Gasteiger partial charge is 0.422 e. The zero-order valence-electron chi connectivity index (χ0n) is 13.3. The average molecular weight is 338 g/mol. The lowest BCUT2D eigenvalue weighted by Gasteiger charge is -2.18. The van der Waals surface area contributed by atoms with Crippen LogP contribution in [0.25, 0.3) is 0 Å². The fourth-order valence-electron chi connectivity index (χ4n) is 2.08. The van der Waals surface area contributed by atoms with Crippen LogP contribution in [0, 0.1) is 6.92 Å². The van der Waals surface area contributed by atoms with Gasteiger partial charge >= 0.3 is 6.18 Å². The fraction of sp³-hybridized carbons (Fsp3) is 0.294. The minimum absolute atomic E-state index is 0.176. The van der Waals surface area contributed by atoms with Gasteiger partial charge in [-0.15, -0.1) is 0 Å². The maximum atomic E-state index is 12.4. The Balaban J connectivity index is 2.00. The van der Waals surface area contributed by atoms with E-state index in [2.05, 4.69) is 9.72 Å². The highest BCUT2D eigenvalue weighted by molar-refractivity contribution is 5.93. The maximum Gasteiger partial charge on any atom is 0.422 e. The quantitative estimate of drug-likeness (QED) is 0.836. The molecule has 4 nitrogen and oxygen atoms in total. The Morgan fingerprint density at radius 1 is 1.21 bits per heavy atom. The summed E-state index contributed by atoms with van der Waals surface area (Å²) in [5.41, 5.74) is 2.38. The first kappa shape index (κ1) is 17.8. The third kappa shape index (κ3) is 4.97. The fourth-order valence-corrected chi connectivity index (χ4v) is 2.08. The van der Waals surface area contributed by atoms with Gasteiger partial charge in [-0.25, -0.2) is 4.98 Å². The number of alkyl halides is 3. The van der Waals surface area contributed by atoms with Crippen molar-refractivity contribution in [3.63, 3.8) is 0 Å². The van der Waals surface area contributed by atoms with E-state index in [1.54, 1.807) is 7.05 Å². The molecule has 1 aromatic heterocycles. The van der Waals surface area contributed by atoms with Gasteiger partial charge in [-0.2, -0.15) is 13.2 Å². The molecule has 0 saturated heterocycles. The molecule has 7 heteroatoms. The van der Waals surface area contributed by atoms with E-state index in [1.165, 1.54) is 23.2 Å². The molecule has 2 aromatic rings. The number of halogens is 3. The molecule has 24 heavy (non-hydrogen) atoms. The number of hydrogen-bond donors (Lipinski definition) is 0. The minimum Gasteiger partial charge on any atom is -0.468 e. The lowest BCUT2D eigenvalue weighted by atomic mass is 10.1. The number of amides is 1. The van der Waals surface area contributed by atoms with Gasteiger partial charge in [0.15, 0.2) is 6.61 Å². The molecule has 0 unspecified atom stereocenters. The summed E-state index contributed by atoms with van der Waals surface area (Å²) in [6.45, 7) is 0.973. The van der Waals surface area contributed by atoms with Gasteiger partial charge in [-0.3, -0.25) is 4.79 Å². The Bertz CT molecular complexity index is 700. The molecule has 0 fully saturated rings. The number of carbonyl (C=O) groups excluding carboxylic acids is 1. The number of pyridine rings is 1. The predicted octanol–water partition coefficient (Wildman–Crippen LogP) is 3.60. The van der Waals surface area contributed by atoms with Gasteiger partial charge < -0.3 is 9.64 Å². The average Bonchev–Trinajstić information content (AvgIpc) is 2.54. The highest BCUT2D eigenvalue weighted by Gasteiger charge is 2.28. The summed E-state index contributed by atoms with van der Waals surface area (Å²) in [5, 5.41) is 0.